The highest BCUT2D eigenvalue weighted by Crippen LogP contribution is 2.59. The molecule has 1 saturated carbocycles. The molecular weight excluding hydrogens is 200 g/mol. The van der Waals surface area contributed by atoms with E-state index >= 15 is 0 Å². The Bertz CT molecular complexity index is 377. The Morgan fingerprint density at radius 2 is 2.06 bits per heavy atom. The van der Waals surface area contributed by atoms with Gasteiger partial charge in [-0.15, -0.1) is 0 Å². The van der Waals surface area contributed by atoms with Gasteiger partial charge in [0, 0.05) is 43.4 Å². The zero-order valence-corrected chi connectivity index (χ0v) is 9.80. The molecule has 0 aromatic carbocycles. The van der Waals surface area contributed by atoms with Crippen LogP contribution in [0.4, 0.5) is 0 Å². The number of nitrogens with two attached hydrogens (primary N) is 1. The molecule has 4 heteroatoms. The minimum Gasteiger partial charge on any atom is -0.320 e. The summed E-state index contributed by atoms with van der Waals surface area (Å²) in [5, 5.41) is 0. The fraction of sp³-hybridized carbons (Fsp3) is 0.667. The van der Waals surface area contributed by atoms with Crippen molar-refractivity contribution in [2.75, 3.05) is 13.1 Å². The Morgan fingerprint density at radius 1 is 1.38 bits per heavy atom. The summed E-state index contributed by atoms with van der Waals surface area (Å²) in [6, 6.07) is 0.624. The summed E-state index contributed by atoms with van der Waals surface area (Å²) in [6.07, 6.45) is 5.25. The first kappa shape index (κ1) is 10.2. The van der Waals surface area contributed by atoms with Gasteiger partial charge in [0.25, 0.3) is 0 Å². The maximum atomic E-state index is 6.45. The lowest BCUT2D eigenvalue weighted by molar-refractivity contribution is 0.224. The molecule has 2 atom stereocenters. The number of piperidine rings is 1. The molecule has 2 heterocycles. The largest absolute Gasteiger partial charge is 0.320 e. The van der Waals surface area contributed by atoms with Crippen LogP contribution >= 0.6 is 0 Å². The van der Waals surface area contributed by atoms with Crippen LogP contribution in [0.15, 0.2) is 18.6 Å². The molecule has 4 nitrogen and oxygen atoms in total. The Balaban J connectivity index is 1.78. The van der Waals surface area contributed by atoms with Gasteiger partial charge in [-0.25, -0.2) is 0 Å². The smallest absolute Gasteiger partial charge is 0.0792 e. The third-order valence-electron chi connectivity index (χ3n) is 4.20. The van der Waals surface area contributed by atoms with Gasteiger partial charge in [-0.1, -0.05) is 0 Å². The molecule has 1 aromatic heterocycles. The third kappa shape index (κ3) is 1.23. The Labute approximate surface area is 95.9 Å². The van der Waals surface area contributed by atoms with E-state index in [1.807, 2.05) is 6.20 Å². The molecule has 0 amide bonds. The Kier molecular flexibility index (Phi) is 2.06. The predicted molar refractivity (Wildman–Crippen MR) is 61.6 cm³/mol. The number of nitrogens with zero attached hydrogens (tertiary/aromatic N) is 3. The normalized spacial score (nSPS) is 37.8. The first-order valence-corrected chi connectivity index (χ1v) is 5.93. The van der Waals surface area contributed by atoms with E-state index in [-0.39, 0.29) is 5.54 Å². The maximum Gasteiger partial charge on any atom is 0.0792 e. The van der Waals surface area contributed by atoms with Crippen LogP contribution in [0.5, 0.6) is 0 Å². The highest BCUT2D eigenvalue weighted by molar-refractivity contribution is 5.30. The third-order valence-corrected chi connectivity index (χ3v) is 4.20. The van der Waals surface area contributed by atoms with E-state index in [0.717, 1.165) is 18.8 Å². The molecule has 0 radical (unpaired) electrons. The van der Waals surface area contributed by atoms with E-state index in [4.69, 9.17) is 5.73 Å². The maximum absolute atomic E-state index is 6.45. The number of hydrogen-bond donors (Lipinski definition) is 1. The molecule has 86 valence electrons. The van der Waals surface area contributed by atoms with Gasteiger partial charge >= 0.3 is 0 Å². The minimum absolute atomic E-state index is 0.195. The molecule has 3 rings (SSSR count). The van der Waals surface area contributed by atoms with E-state index < -0.39 is 0 Å². The Morgan fingerprint density at radius 3 is 2.56 bits per heavy atom. The van der Waals surface area contributed by atoms with Crippen LogP contribution in [0.1, 0.15) is 19.5 Å². The molecule has 0 bridgehead atoms. The van der Waals surface area contributed by atoms with Crippen molar-refractivity contribution in [3.05, 3.63) is 24.3 Å². The van der Waals surface area contributed by atoms with Crippen LogP contribution in [0.25, 0.3) is 0 Å². The summed E-state index contributed by atoms with van der Waals surface area (Å²) in [5.74, 6) is 1.15. The average molecular weight is 218 g/mol. The minimum atomic E-state index is -0.195. The monoisotopic (exact) mass is 218 g/mol. The molecule has 1 aliphatic heterocycles. The highest BCUT2D eigenvalue weighted by atomic mass is 15.2. The van der Waals surface area contributed by atoms with Crippen LogP contribution in [0, 0.1) is 11.8 Å². The van der Waals surface area contributed by atoms with Crippen molar-refractivity contribution in [1.82, 2.24) is 14.9 Å². The van der Waals surface area contributed by atoms with E-state index in [2.05, 4.69) is 28.7 Å². The first-order valence-electron chi connectivity index (χ1n) is 5.93. The van der Waals surface area contributed by atoms with Crippen molar-refractivity contribution < 1.29 is 0 Å². The summed E-state index contributed by atoms with van der Waals surface area (Å²) in [7, 11) is 0. The van der Waals surface area contributed by atoms with Gasteiger partial charge in [-0.3, -0.25) is 9.97 Å². The lowest BCUT2D eigenvalue weighted by Gasteiger charge is -2.26. The van der Waals surface area contributed by atoms with Gasteiger partial charge in [0.15, 0.2) is 0 Å². The molecule has 0 spiro atoms. The summed E-state index contributed by atoms with van der Waals surface area (Å²) in [4.78, 5) is 11.0. The number of likely N-dealkylation sites (tertiary alicyclic amines) is 1. The molecule has 2 N–H and O–H groups in total. The van der Waals surface area contributed by atoms with Gasteiger partial charge in [-0.2, -0.15) is 0 Å². The molecular formula is C12H18N4. The van der Waals surface area contributed by atoms with Gasteiger partial charge in [-0.05, 0) is 13.8 Å². The zero-order chi connectivity index (χ0) is 11.3. The second-order valence-electron chi connectivity index (χ2n) is 5.28. The van der Waals surface area contributed by atoms with E-state index in [0.29, 0.717) is 17.9 Å². The molecule has 1 saturated heterocycles. The van der Waals surface area contributed by atoms with Crippen molar-refractivity contribution in [2.24, 2.45) is 17.6 Å². The first-order chi connectivity index (χ1) is 7.64. The fourth-order valence-electron chi connectivity index (χ4n) is 3.02. The number of aromatic nitrogens is 2. The zero-order valence-electron chi connectivity index (χ0n) is 9.80. The SMILES string of the molecule is CC(C)N1CC2C(C1)C2(N)c1cnccn1. The van der Waals surface area contributed by atoms with E-state index in [1.54, 1.807) is 12.4 Å². The second kappa shape index (κ2) is 3.25. The van der Waals surface area contributed by atoms with Crippen molar-refractivity contribution >= 4 is 0 Å². The second-order valence-corrected chi connectivity index (χ2v) is 5.28. The van der Waals surface area contributed by atoms with Gasteiger partial charge < -0.3 is 10.6 Å². The number of fused-ring (bicyclic) bond motifs is 1. The van der Waals surface area contributed by atoms with E-state index in [9.17, 15) is 0 Å². The van der Waals surface area contributed by atoms with Crippen LogP contribution < -0.4 is 5.73 Å². The van der Waals surface area contributed by atoms with Crippen molar-refractivity contribution in [3.63, 3.8) is 0 Å². The van der Waals surface area contributed by atoms with Crippen LogP contribution in [0.3, 0.4) is 0 Å². The van der Waals surface area contributed by atoms with Crippen molar-refractivity contribution in [1.29, 1.82) is 0 Å². The molecule has 2 aliphatic rings. The summed E-state index contributed by atoms with van der Waals surface area (Å²) >= 11 is 0. The van der Waals surface area contributed by atoms with Crippen LogP contribution in [-0.2, 0) is 5.54 Å². The molecule has 2 unspecified atom stereocenters. The fourth-order valence-corrected chi connectivity index (χ4v) is 3.02. The van der Waals surface area contributed by atoms with Gasteiger partial charge in [0.2, 0.25) is 0 Å². The van der Waals surface area contributed by atoms with E-state index in [1.165, 1.54) is 0 Å². The lowest BCUT2D eigenvalue weighted by atomic mass is 10.1. The van der Waals surface area contributed by atoms with Crippen molar-refractivity contribution in [2.45, 2.75) is 25.4 Å². The molecule has 1 aliphatic carbocycles. The predicted octanol–water partition coefficient (Wildman–Crippen LogP) is 0.601. The Hall–Kier alpha value is -1.00. The topological polar surface area (TPSA) is 55.0 Å². The highest BCUT2D eigenvalue weighted by Gasteiger charge is 2.67. The quantitative estimate of drug-likeness (QED) is 0.790. The molecule has 16 heavy (non-hydrogen) atoms. The van der Waals surface area contributed by atoms with Crippen LogP contribution in [-0.4, -0.2) is 34.0 Å². The number of rotatable bonds is 2. The lowest BCUT2D eigenvalue weighted by Crippen LogP contribution is -2.39. The summed E-state index contributed by atoms with van der Waals surface area (Å²) in [5.41, 5.74) is 7.22. The molecule has 1 aromatic rings. The standard InChI is InChI=1S/C12H18N4/c1-8(2)16-6-9-10(7-16)12(9,13)11-5-14-3-4-15-11/h3-5,8-10H,6-7,13H2,1-2H3. The van der Waals surface area contributed by atoms with Crippen molar-refractivity contribution in [3.8, 4) is 0 Å². The molecule has 2 fully saturated rings. The average Bonchev–Trinajstić information content (AvgIpc) is 2.68. The number of hydrogen-bond acceptors (Lipinski definition) is 4. The summed E-state index contributed by atoms with van der Waals surface area (Å²) in [6.45, 7) is 6.70. The van der Waals surface area contributed by atoms with Gasteiger partial charge in [0.05, 0.1) is 17.4 Å². The van der Waals surface area contributed by atoms with Crippen LogP contribution in [0.2, 0.25) is 0 Å². The van der Waals surface area contributed by atoms with Gasteiger partial charge in [0.1, 0.15) is 0 Å². The summed E-state index contributed by atoms with van der Waals surface area (Å²) < 4.78 is 0.